The van der Waals surface area contributed by atoms with Crippen molar-refractivity contribution in [2.45, 2.75) is 32.6 Å². The second-order valence-corrected chi connectivity index (χ2v) is 5.64. The van der Waals surface area contributed by atoms with Gasteiger partial charge >= 0.3 is 0 Å². The van der Waals surface area contributed by atoms with Gasteiger partial charge in [-0.25, -0.2) is 4.98 Å². The van der Waals surface area contributed by atoms with Crippen LogP contribution in [0, 0.1) is 0 Å². The number of nitrogens with two attached hydrogens (primary N) is 1. The van der Waals surface area contributed by atoms with Crippen molar-refractivity contribution < 1.29 is 9.53 Å². The van der Waals surface area contributed by atoms with Gasteiger partial charge in [0.25, 0.3) is 0 Å². The van der Waals surface area contributed by atoms with Crippen molar-refractivity contribution in [3.8, 4) is 5.75 Å². The van der Waals surface area contributed by atoms with Crippen molar-refractivity contribution in [3.05, 3.63) is 12.1 Å². The number of benzene rings is 1. The van der Waals surface area contributed by atoms with E-state index in [2.05, 4.69) is 17.2 Å². The van der Waals surface area contributed by atoms with Gasteiger partial charge in [-0.15, -0.1) is 0 Å². The summed E-state index contributed by atoms with van der Waals surface area (Å²) in [6.45, 7) is 2.12. The van der Waals surface area contributed by atoms with Crippen LogP contribution in [0.5, 0.6) is 5.75 Å². The molecule has 6 heteroatoms. The van der Waals surface area contributed by atoms with Gasteiger partial charge in [-0.3, -0.25) is 4.79 Å². The van der Waals surface area contributed by atoms with Crippen LogP contribution in [0.2, 0.25) is 0 Å². The van der Waals surface area contributed by atoms with Crippen LogP contribution in [-0.2, 0) is 4.79 Å². The molecule has 0 saturated carbocycles. The van der Waals surface area contributed by atoms with E-state index in [-0.39, 0.29) is 5.91 Å². The second-order valence-electron chi connectivity index (χ2n) is 4.58. The Morgan fingerprint density at radius 1 is 1.45 bits per heavy atom. The molecule has 1 aromatic heterocycles. The molecule has 3 N–H and O–H groups in total. The number of fused-ring (bicyclic) bond motifs is 1. The molecule has 0 spiro atoms. The third-order valence-corrected chi connectivity index (χ3v) is 3.82. The lowest BCUT2D eigenvalue weighted by Gasteiger charge is -2.07. The molecule has 0 aliphatic heterocycles. The van der Waals surface area contributed by atoms with Gasteiger partial charge < -0.3 is 15.8 Å². The summed E-state index contributed by atoms with van der Waals surface area (Å²) in [5.74, 6) is 0.650. The minimum atomic E-state index is 0.0253. The first-order valence-corrected chi connectivity index (χ1v) is 7.49. The van der Waals surface area contributed by atoms with E-state index in [1.165, 1.54) is 11.3 Å². The lowest BCUT2D eigenvalue weighted by Crippen LogP contribution is -2.11. The van der Waals surface area contributed by atoms with E-state index in [4.69, 9.17) is 10.5 Å². The molecule has 2 aromatic rings. The number of unbranched alkanes of at least 4 members (excludes halogenated alkanes) is 2. The first-order valence-electron chi connectivity index (χ1n) is 6.68. The number of hydrogen-bond acceptors (Lipinski definition) is 5. The number of thiazole rings is 1. The zero-order valence-electron chi connectivity index (χ0n) is 11.7. The van der Waals surface area contributed by atoms with Gasteiger partial charge in [0.15, 0.2) is 5.13 Å². The highest BCUT2D eigenvalue weighted by molar-refractivity contribution is 7.22. The molecule has 0 aliphatic carbocycles. The minimum Gasteiger partial charge on any atom is -0.494 e. The molecule has 0 radical (unpaired) electrons. The summed E-state index contributed by atoms with van der Waals surface area (Å²) in [4.78, 5) is 16.1. The number of anilines is 2. The number of aromatic nitrogens is 1. The first kappa shape index (κ1) is 14.6. The van der Waals surface area contributed by atoms with Crippen molar-refractivity contribution in [3.63, 3.8) is 0 Å². The molecule has 20 heavy (non-hydrogen) atoms. The Labute approximate surface area is 122 Å². The monoisotopic (exact) mass is 293 g/mol. The molecule has 1 amide bonds. The number of ether oxygens (including phenoxy) is 1. The van der Waals surface area contributed by atoms with E-state index in [9.17, 15) is 4.79 Å². The Kier molecular flexibility index (Phi) is 4.79. The molecule has 0 atom stereocenters. The summed E-state index contributed by atoms with van der Waals surface area (Å²) < 4.78 is 6.21. The fraction of sp³-hybridized carbons (Fsp3) is 0.429. The Morgan fingerprint density at radius 3 is 2.95 bits per heavy atom. The summed E-state index contributed by atoms with van der Waals surface area (Å²) in [6, 6.07) is 3.66. The molecule has 5 nitrogen and oxygen atoms in total. The standard InChI is InChI=1S/C14H19N3O2S/c1-3-4-5-6-12(18)16-9-7-10(19-2)13-11(8-9)20-14(15)17-13/h7-8H,3-6H2,1-2H3,(H2,15,17)(H,16,18). The fourth-order valence-electron chi connectivity index (χ4n) is 2.00. The Balaban J connectivity index is 2.15. The van der Waals surface area contributed by atoms with E-state index in [0.29, 0.717) is 17.3 Å². The number of rotatable bonds is 6. The maximum Gasteiger partial charge on any atom is 0.224 e. The molecule has 0 unspecified atom stereocenters. The van der Waals surface area contributed by atoms with Gasteiger partial charge in [0, 0.05) is 18.2 Å². The van der Waals surface area contributed by atoms with Gasteiger partial charge in [-0.05, 0) is 12.5 Å². The maximum absolute atomic E-state index is 11.8. The summed E-state index contributed by atoms with van der Waals surface area (Å²) in [6.07, 6.45) is 3.63. The SMILES string of the molecule is CCCCCC(=O)Nc1cc(OC)c2nc(N)sc2c1. The number of nitrogen functional groups attached to an aromatic ring is 1. The van der Waals surface area contributed by atoms with Crippen LogP contribution >= 0.6 is 11.3 Å². The van der Waals surface area contributed by atoms with E-state index >= 15 is 0 Å². The molecule has 1 aromatic carbocycles. The molecule has 0 fully saturated rings. The van der Waals surface area contributed by atoms with E-state index in [0.717, 1.165) is 35.2 Å². The number of methoxy groups -OCH3 is 1. The van der Waals surface area contributed by atoms with Gasteiger partial charge in [-0.1, -0.05) is 31.1 Å². The zero-order valence-corrected chi connectivity index (χ0v) is 12.5. The minimum absolute atomic E-state index is 0.0253. The molecule has 2 rings (SSSR count). The Morgan fingerprint density at radius 2 is 2.25 bits per heavy atom. The number of carbonyl (C=O) groups excluding carboxylic acids is 1. The van der Waals surface area contributed by atoms with Gasteiger partial charge in [0.2, 0.25) is 5.91 Å². The lowest BCUT2D eigenvalue weighted by molar-refractivity contribution is -0.116. The van der Waals surface area contributed by atoms with Crippen LogP contribution in [-0.4, -0.2) is 18.0 Å². The van der Waals surface area contributed by atoms with Gasteiger partial charge in [0.1, 0.15) is 11.3 Å². The molecule has 0 bridgehead atoms. The first-order chi connectivity index (χ1) is 9.63. The lowest BCUT2D eigenvalue weighted by atomic mass is 10.2. The second kappa shape index (κ2) is 6.56. The largest absolute Gasteiger partial charge is 0.494 e. The van der Waals surface area contributed by atoms with Crippen LogP contribution in [0.15, 0.2) is 12.1 Å². The highest BCUT2D eigenvalue weighted by atomic mass is 32.1. The Bertz CT molecular complexity index is 610. The van der Waals surface area contributed by atoms with Crippen LogP contribution < -0.4 is 15.8 Å². The van der Waals surface area contributed by atoms with Crippen molar-refractivity contribution in [2.75, 3.05) is 18.2 Å². The van der Waals surface area contributed by atoms with Crippen LogP contribution in [0.3, 0.4) is 0 Å². The number of carbonyl (C=O) groups is 1. The molecule has 108 valence electrons. The molecule has 1 heterocycles. The predicted octanol–water partition coefficient (Wildman–Crippen LogP) is 3.41. The molecular formula is C14H19N3O2S. The third-order valence-electron chi connectivity index (χ3n) is 2.99. The normalized spacial score (nSPS) is 10.7. The molecule has 0 aliphatic rings. The summed E-state index contributed by atoms with van der Waals surface area (Å²) in [7, 11) is 1.58. The fourth-order valence-corrected chi connectivity index (χ4v) is 2.79. The van der Waals surface area contributed by atoms with Gasteiger partial charge in [0.05, 0.1) is 11.8 Å². The summed E-state index contributed by atoms with van der Waals surface area (Å²) in [5.41, 5.74) is 7.17. The predicted molar refractivity (Wildman–Crippen MR) is 83.4 cm³/mol. The number of nitrogens with one attached hydrogen (secondary N) is 1. The van der Waals surface area contributed by atoms with Crippen molar-refractivity contribution >= 4 is 38.3 Å². The zero-order chi connectivity index (χ0) is 14.5. The van der Waals surface area contributed by atoms with Gasteiger partial charge in [-0.2, -0.15) is 0 Å². The number of nitrogens with zero attached hydrogens (tertiary/aromatic N) is 1. The quantitative estimate of drug-likeness (QED) is 0.800. The third kappa shape index (κ3) is 3.39. The Hall–Kier alpha value is -1.82. The molecular weight excluding hydrogens is 274 g/mol. The highest BCUT2D eigenvalue weighted by Gasteiger charge is 2.11. The molecule has 0 saturated heterocycles. The number of hydrogen-bond donors (Lipinski definition) is 2. The average molecular weight is 293 g/mol. The smallest absolute Gasteiger partial charge is 0.224 e. The van der Waals surface area contributed by atoms with E-state index in [1.54, 1.807) is 13.2 Å². The van der Waals surface area contributed by atoms with Crippen LogP contribution in [0.25, 0.3) is 10.2 Å². The van der Waals surface area contributed by atoms with E-state index < -0.39 is 0 Å². The van der Waals surface area contributed by atoms with Crippen LogP contribution in [0.4, 0.5) is 10.8 Å². The van der Waals surface area contributed by atoms with E-state index in [1.807, 2.05) is 6.07 Å². The topological polar surface area (TPSA) is 77.2 Å². The van der Waals surface area contributed by atoms with Crippen molar-refractivity contribution in [1.29, 1.82) is 0 Å². The highest BCUT2D eigenvalue weighted by Crippen LogP contribution is 2.34. The average Bonchev–Trinajstić information content (AvgIpc) is 2.78. The van der Waals surface area contributed by atoms with Crippen LogP contribution in [0.1, 0.15) is 32.6 Å². The summed E-state index contributed by atoms with van der Waals surface area (Å²) >= 11 is 1.38. The maximum atomic E-state index is 11.8. The number of amides is 1. The van der Waals surface area contributed by atoms with Crippen molar-refractivity contribution in [1.82, 2.24) is 4.98 Å². The summed E-state index contributed by atoms with van der Waals surface area (Å²) in [5, 5.41) is 3.39. The van der Waals surface area contributed by atoms with Crippen molar-refractivity contribution in [2.24, 2.45) is 0 Å².